The van der Waals surface area contributed by atoms with E-state index in [-0.39, 0.29) is 18.2 Å². The first-order valence-electron chi connectivity index (χ1n) is 4.88. The molecule has 2 rings (SSSR count). The standard InChI is InChI=1S/C13H10F2O/c14-11-6-2-1-5-10(11)9-16-13-8-4-3-7-12(13)15/h1-8H,9H2. The van der Waals surface area contributed by atoms with Gasteiger partial charge in [0.15, 0.2) is 11.6 Å². The third-order valence-electron chi connectivity index (χ3n) is 2.18. The Morgan fingerprint density at radius 1 is 0.812 bits per heavy atom. The number of ether oxygens (including phenoxy) is 1. The van der Waals surface area contributed by atoms with Gasteiger partial charge in [0.05, 0.1) is 0 Å². The molecule has 0 aliphatic heterocycles. The Balaban J connectivity index is 2.09. The Bertz CT molecular complexity index is 437. The third-order valence-corrected chi connectivity index (χ3v) is 2.18. The van der Waals surface area contributed by atoms with Gasteiger partial charge >= 0.3 is 0 Å². The predicted molar refractivity (Wildman–Crippen MR) is 57.1 cm³/mol. The van der Waals surface area contributed by atoms with Crippen LogP contribution in [0.25, 0.3) is 0 Å². The number of para-hydroxylation sites is 1. The molecule has 0 unspecified atom stereocenters. The van der Waals surface area contributed by atoms with Crippen LogP contribution >= 0.6 is 0 Å². The minimum atomic E-state index is -0.446. The van der Waals surface area contributed by atoms with Crippen molar-refractivity contribution >= 4 is 0 Å². The first-order chi connectivity index (χ1) is 7.77. The van der Waals surface area contributed by atoms with Crippen molar-refractivity contribution in [1.82, 2.24) is 0 Å². The van der Waals surface area contributed by atoms with Crippen LogP contribution in [0, 0.1) is 11.6 Å². The summed E-state index contributed by atoms with van der Waals surface area (Å²) in [6, 6.07) is 12.3. The van der Waals surface area contributed by atoms with Gasteiger partial charge in [-0.05, 0) is 18.2 Å². The molecule has 1 nitrogen and oxygen atoms in total. The van der Waals surface area contributed by atoms with E-state index >= 15 is 0 Å². The molecule has 2 aromatic carbocycles. The molecule has 82 valence electrons. The van der Waals surface area contributed by atoms with Gasteiger partial charge in [0.25, 0.3) is 0 Å². The van der Waals surface area contributed by atoms with E-state index in [1.165, 1.54) is 18.2 Å². The van der Waals surface area contributed by atoms with Gasteiger partial charge in [0, 0.05) is 5.56 Å². The van der Waals surface area contributed by atoms with Crippen molar-refractivity contribution in [3.8, 4) is 5.75 Å². The average molecular weight is 220 g/mol. The van der Waals surface area contributed by atoms with Crippen molar-refractivity contribution in [1.29, 1.82) is 0 Å². The van der Waals surface area contributed by atoms with E-state index in [1.807, 2.05) is 0 Å². The summed E-state index contributed by atoms with van der Waals surface area (Å²) in [4.78, 5) is 0. The van der Waals surface area contributed by atoms with E-state index in [0.29, 0.717) is 5.56 Å². The molecule has 2 aromatic rings. The maximum Gasteiger partial charge on any atom is 0.165 e. The van der Waals surface area contributed by atoms with E-state index in [1.54, 1.807) is 30.3 Å². The van der Waals surface area contributed by atoms with Crippen molar-refractivity contribution in [2.45, 2.75) is 6.61 Å². The lowest BCUT2D eigenvalue weighted by Crippen LogP contribution is -1.99. The lowest BCUT2D eigenvalue weighted by atomic mass is 10.2. The maximum absolute atomic E-state index is 13.2. The van der Waals surface area contributed by atoms with Gasteiger partial charge in [-0.25, -0.2) is 8.78 Å². The predicted octanol–water partition coefficient (Wildman–Crippen LogP) is 3.54. The quantitative estimate of drug-likeness (QED) is 0.768. The summed E-state index contributed by atoms with van der Waals surface area (Å²) in [6.45, 7) is 0.0214. The Hall–Kier alpha value is -1.90. The number of hydrogen-bond donors (Lipinski definition) is 0. The lowest BCUT2D eigenvalue weighted by molar-refractivity contribution is 0.285. The molecule has 0 saturated carbocycles. The highest BCUT2D eigenvalue weighted by molar-refractivity contribution is 5.24. The molecule has 0 aromatic heterocycles. The summed E-state index contributed by atoms with van der Waals surface area (Å²) in [6.07, 6.45) is 0. The van der Waals surface area contributed by atoms with Crippen molar-refractivity contribution < 1.29 is 13.5 Å². The number of halogens is 2. The van der Waals surface area contributed by atoms with E-state index in [2.05, 4.69) is 0 Å². The Morgan fingerprint density at radius 3 is 2.12 bits per heavy atom. The van der Waals surface area contributed by atoms with Gasteiger partial charge in [-0.1, -0.05) is 30.3 Å². The molecule has 0 fully saturated rings. The monoisotopic (exact) mass is 220 g/mol. The number of benzene rings is 2. The highest BCUT2D eigenvalue weighted by Gasteiger charge is 2.04. The average Bonchev–Trinajstić information content (AvgIpc) is 2.30. The molecule has 0 atom stereocenters. The fourth-order valence-electron chi connectivity index (χ4n) is 1.33. The summed E-state index contributed by atoms with van der Waals surface area (Å²) in [5.74, 6) is -0.663. The van der Waals surface area contributed by atoms with E-state index < -0.39 is 5.82 Å². The highest BCUT2D eigenvalue weighted by atomic mass is 19.1. The van der Waals surface area contributed by atoms with Crippen LogP contribution < -0.4 is 4.74 Å². The summed E-state index contributed by atoms with van der Waals surface area (Å²) in [5, 5.41) is 0. The van der Waals surface area contributed by atoms with Crippen LogP contribution in [-0.2, 0) is 6.61 Å². The Labute approximate surface area is 92.3 Å². The minimum absolute atomic E-state index is 0.0214. The fourth-order valence-corrected chi connectivity index (χ4v) is 1.33. The largest absolute Gasteiger partial charge is 0.486 e. The zero-order valence-corrected chi connectivity index (χ0v) is 8.49. The van der Waals surface area contributed by atoms with Crippen molar-refractivity contribution in [3.05, 3.63) is 65.7 Å². The van der Waals surface area contributed by atoms with Gasteiger partial charge in [0.1, 0.15) is 12.4 Å². The van der Waals surface area contributed by atoms with Gasteiger partial charge in [-0.15, -0.1) is 0 Å². The molecule has 0 spiro atoms. The number of hydrogen-bond acceptors (Lipinski definition) is 1. The van der Waals surface area contributed by atoms with Crippen molar-refractivity contribution in [3.63, 3.8) is 0 Å². The van der Waals surface area contributed by atoms with Crippen LogP contribution in [0.4, 0.5) is 8.78 Å². The Kier molecular flexibility index (Phi) is 3.15. The van der Waals surface area contributed by atoms with Crippen molar-refractivity contribution in [2.75, 3.05) is 0 Å². The second-order valence-corrected chi connectivity index (χ2v) is 3.31. The first-order valence-corrected chi connectivity index (χ1v) is 4.88. The molecule has 0 aliphatic rings. The Morgan fingerprint density at radius 2 is 1.44 bits per heavy atom. The molecular formula is C13H10F2O. The fraction of sp³-hybridized carbons (Fsp3) is 0.0769. The molecule has 0 aliphatic carbocycles. The van der Waals surface area contributed by atoms with Crippen LogP contribution in [0.1, 0.15) is 5.56 Å². The van der Waals surface area contributed by atoms with Crippen LogP contribution in [0.2, 0.25) is 0 Å². The first kappa shape index (κ1) is 10.6. The third kappa shape index (κ3) is 2.37. The molecular weight excluding hydrogens is 210 g/mol. The van der Waals surface area contributed by atoms with Crippen LogP contribution in [0.15, 0.2) is 48.5 Å². The SMILES string of the molecule is Fc1ccccc1COc1ccccc1F. The molecule has 0 bridgehead atoms. The lowest BCUT2D eigenvalue weighted by Gasteiger charge is -2.07. The van der Waals surface area contributed by atoms with Crippen LogP contribution in [0.5, 0.6) is 5.75 Å². The van der Waals surface area contributed by atoms with E-state index in [0.717, 1.165) is 0 Å². The summed E-state index contributed by atoms with van der Waals surface area (Å²) in [7, 11) is 0. The zero-order valence-electron chi connectivity index (χ0n) is 8.49. The van der Waals surface area contributed by atoms with Crippen LogP contribution in [0.3, 0.4) is 0 Å². The highest BCUT2D eigenvalue weighted by Crippen LogP contribution is 2.17. The minimum Gasteiger partial charge on any atom is -0.486 e. The normalized spacial score (nSPS) is 10.1. The molecule has 16 heavy (non-hydrogen) atoms. The van der Waals surface area contributed by atoms with E-state index in [4.69, 9.17) is 4.74 Å². The van der Waals surface area contributed by atoms with Crippen molar-refractivity contribution in [2.24, 2.45) is 0 Å². The van der Waals surface area contributed by atoms with Crippen LogP contribution in [-0.4, -0.2) is 0 Å². The second-order valence-electron chi connectivity index (χ2n) is 3.31. The van der Waals surface area contributed by atoms with E-state index in [9.17, 15) is 8.78 Å². The topological polar surface area (TPSA) is 9.23 Å². The molecule has 3 heteroatoms. The van der Waals surface area contributed by atoms with Gasteiger partial charge in [-0.3, -0.25) is 0 Å². The van der Waals surface area contributed by atoms with Gasteiger partial charge in [0.2, 0.25) is 0 Å². The van der Waals surface area contributed by atoms with Gasteiger partial charge < -0.3 is 4.74 Å². The molecule has 0 N–H and O–H groups in total. The summed E-state index contributed by atoms with van der Waals surface area (Å²) in [5.41, 5.74) is 0.408. The summed E-state index contributed by atoms with van der Waals surface area (Å²) >= 11 is 0. The molecule has 0 radical (unpaired) electrons. The summed E-state index contributed by atoms with van der Waals surface area (Å²) < 4.78 is 31.6. The zero-order chi connectivity index (χ0) is 11.4. The molecule has 0 amide bonds. The molecule has 0 heterocycles. The number of rotatable bonds is 3. The smallest absolute Gasteiger partial charge is 0.165 e. The maximum atomic E-state index is 13.2. The second kappa shape index (κ2) is 4.75. The molecule has 0 saturated heterocycles. The van der Waals surface area contributed by atoms with Gasteiger partial charge in [-0.2, -0.15) is 0 Å².